The number of benzene rings is 3. The average molecular weight is 513 g/mol. The zero-order valence-corrected chi connectivity index (χ0v) is 22.6. The summed E-state index contributed by atoms with van der Waals surface area (Å²) in [5.74, 6) is -0.709. The van der Waals surface area contributed by atoms with Gasteiger partial charge in [-0.3, -0.25) is 9.59 Å². The monoisotopic (exact) mass is 512 g/mol. The minimum Gasteiger partial charge on any atom is -0.467 e. The third-order valence-corrected chi connectivity index (χ3v) is 7.34. The number of esters is 1. The number of anilines is 1. The lowest BCUT2D eigenvalue weighted by Crippen LogP contribution is -2.43. The van der Waals surface area contributed by atoms with E-state index >= 15 is 0 Å². The first-order valence-electron chi connectivity index (χ1n) is 13.4. The summed E-state index contributed by atoms with van der Waals surface area (Å²) in [6.45, 7) is 6.00. The summed E-state index contributed by atoms with van der Waals surface area (Å²) in [5.41, 5.74) is 5.91. The molecule has 0 radical (unpaired) electrons. The molecule has 198 valence electrons. The van der Waals surface area contributed by atoms with Gasteiger partial charge in [0.05, 0.1) is 13.2 Å². The van der Waals surface area contributed by atoms with E-state index in [0.29, 0.717) is 23.2 Å². The van der Waals surface area contributed by atoms with Gasteiger partial charge in [0.2, 0.25) is 0 Å². The Hall–Kier alpha value is -3.93. The Labute approximate surface area is 225 Å². The van der Waals surface area contributed by atoms with Gasteiger partial charge in [-0.15, -0.1) is 0 Å². The van der Waals surface area contributed by atoms with Gasteiger partial charge in [-0.25, -0.2) is 4.79 Å². The Morgan fingerprint density at radius 3 is 2.26 bits per heavy atom. The summed E-state index contributed by atoms with van der Waals surface area (Å²) in [6, 6.07) is 20.4. The molecule has 3 aromatic rings. The van der Waals surface area contributed by atoms with E-state index in [9.17, 15) is 14.4 Å². The number of ether oxygens (including phenoxy) is 1. The standard InChI is InChI=1S/C32H36N2O4/c1-5-7-8-9-22-10-12-24(13-11-22)30(35)33-26-17-14-23(15-18-26)25-16-19-27-21(3)34(31(36)28(27)20-25)29(6-2)32(37)38-4/h10-21,29H,5-9H2,1-4H3,(H,33,35). The molecule has 2 amide bonds. The van der Waals surface area contributed by atoms with E-state index in [2.05, 4.69) is 12.2 Å². The third kappa shape index (κ3) is 5.64. The van der Waals surface area contributed by atoms with Gasteiger partial charge >= 0.3 is 5.97 Å². The van der Waals surface area contributed by atoms with Gasteiger partial charge < -0.3 is 15.0 Å². The number of aryl methyl sites for hydroxylation is 1. The Kier molecular flexibility index (Phi) is 8.62. The van der Waals surface area contributed by atoms with Gasteiger partial charge in [0.15, 0.2) is 0 Å². The lowest BCUT2D eigenvalue weighted by molar-refractivity contribution is -0.146. The normalized spacial score (nSPS) is 15.2. The number of fused-ring (bicyclic) bond motifs is 1. The maximum absolute atomic E-state index is 13.3. The molecule has 1 heterocycles. The van der Waals surface area contributed by atoms with Crippen molar-refractivity contribution in [1.82, 2.24) is 4.90 Å². The fourth-order valence-electron chi connectivity index (χ4n) is 5.13. The van der Waals surface area contributed by atoms with Crippen LogP contribution in [0.3, 0.4) is 0 Å². The fourth-order valence-corrected chi connectivity index (χ4v) is 5.13. The quantitative estimate of drug-likeness (QED) is 0.239. The molecule has 0 saturated heterocycles. The topological polar surface area (TPSA) is 75.7 Å². The van der Waals surface area contributed by atoms with Gasteiger partial charge in [0.1, 0.15) is 6.04 Å². The SMILES string of the molecule is CCCCCc1ccc(C(=O)Nc2ccc(-c3ccc4c(c3)C(=O)N(C(CC)C(=O)OC)C4C)cc2)cc1. The minimum absolute atomic E-state index is 0.147. The van der Waals surface area contributed by atoms with Crippen molar-refractivity contribution in [3.05, 3.63) is 89.0 Å². The van der Waals surface area contributed by atoms with Crippen LogP contribution in [-0.2, 0) is 16.0 Å². The third-order valence-electron chi connectivity index (χ3n) is 7.34. The predicted octanol–water partition coefficient (Wildman–Crippen LogP) is 6.81. The van der Waals surface area contributed by atoms with Gasteiger partial charge in [-0.05, 0) is 78.8 Å². The van der Waals surface area contributed by atoms with Crippen LogP contribution >= 0.6 is 0 Å². The smallest absolute Gasteiger partial charge is 0.328 e. The minimum atomic E-state index is -0.612. The number of carbonyl (C=O) groups is 3. The van der Waals surface area contributed by atoms with E-state index in [1.54, 1.807) is 4.90 Å². The van der Waals surface area contributed by atoms with Crippen molar-refractivity contribution in [3.63, 3.8) is 0 Å². The highest BCUT2D eigenvalue weighted by Gasteiger charge is 2.41. The molecule has 6 heteroatoms. The Balaban J connectivity index is 1.45. The van der Waals surface area contributed by atoms with Gasteiger partial charge in [0.25, 0.3) is 11.8 Å². The molecule has 2 atom stereocenters. The van der Waals surface area contributed by atoms with Crippen LogP contribution in [0.15, 0.2) is 66.7 Å². The number of rotatable bonds is 10. The first-order valence-corrected chi connectivity index (χ1v) is 13.4. The Bertz CT molecular complexity index is 1300. The molecule has 0 fully saturated rings. The van der Waals surface area contributed by atoms with E-state index < -0.39 is 12.0 Å². The number of nitrogens with zero attached hydrogens (tertiary/aromatic N) is 1. The number of hydrogen-bond acceptors (Lipinski definition) is 4. The number of carbonyl (C=O) groups excluding carboxylic acids is 3. The van der Waals surface area contributed by atoms with Crippen LogP contribution in [0, 0.1) is 0 Å². The molecule has 0 spiro atoms. The Morgan fingerprint density at radius 1 is 0.947 bits per heavy atom. The van der Waals surface area contributed by atoms with Crippen molar-refractivity contribution in [1.29, 1.82) is 0 Å². The van der Waals surface area contributed by atoms with E-state index in [4.69, 9.17) is 4.74 Å². The molecule has 0 aromatic heterocycles. The molecule has 1 aliphatic heterocycles. The summed E-state index contributed by atoms with van der Waals surface area (Å²) >= 11 is 0. The van der Waals surface area contributed by atoms with Crippen molar-refractivity contribution in [2.24, 2.45) is 0 Å². The molecular formula is C32H36N2O4. The summed E-state index contributed by atoms with van der Waals surface area (Å²) in [6.07, 6.45) is 5.09. The highest BCUT2D eigenvalue weighted by molar-refractivity contribution is 6.04. The Morgan fingerprint density at radius 2 is 1.63 bits per heavy atom. The summed E-state index contributed by atoms with van der Waals surface area (Å²) < 4.78 is 4.93. The fraction of sp³-hybridized carbons (Fsp3) is 0.344. The average Bonchev–Trinajstić information content (AvgIpc) is 3.19. The van der Waals surface area contributed by atoms with Gasteiger partial charge in [0, 0.05) is 16.8 Å². The van der Waals surface area contributed by atoms with Crippen molar-refractivity contribution in [2.75, 3.05) is 12.4 Å². The van der Waals surface area contributed by atoms with Crippen LogP contribution in [-0.4, -0.2) is 35.8 Å². The molecule has 38 heavy (non-hydrogen) atoms. The van der Waals surface area contributed by atoms with Crippen LogP contribution in [0.25, 0.3) is 11.1 Å². The lowest BCUT2D eigenvalue weighted by atomic mass is 9.98. The predicted molar refractivity (Wildman–Crippen MR) is 150 cm³/mol. The second-order valence-electron chi connectivity index (χ2n) is 9.82. The van der Waals surface area contributed by atoms with E-state index in [-0.39, 0.29) is 17.9 Å². The second kappa shape index (κ2) is 12.1. The molecule has 1 N–H and O–H groups in total. The van der Waals surface area contributed by atoms with Gasteiger partial charge in [-0.1, -0.05) is 63.1 Å². The van der Waals surface area contributed by atoms with Crippen molar-refractivity contribution < 1.29 is 19.1 Å². The maximum Gasteiger partial charge on any atom is 0.328 e. The van der Waals surface area contributed by atoms with E-state index in [0.717, 1.165) is 29.5 Å². The summed E-state index contributed by atoms with van der Waals surface area (Å²) in [5, 5.41) is 2.96. The largest absolute Gasteiger partial charge is 0.467 e. The first kappa shape index (κ1) is 27.1. The lowest BCUT2D eigenvalue weighted by Gasteiger charge is -2.29. The number of unbranched alkanes of at least 4 members (excludes halogenated alkanes) is 2. The van der Waals surface area contributed by atoms with Crippen molar-refractivity contribution in [3.8, 4) is 11.1 Å². The molecule has 0 saturated carbocycles. The highest BCUT2D eigenvalue weighted by Crippen LogP contribution is 2.38. The number of hydrogen-bond donors (Lipinski definition) is 1. The number of nitrogens with one attached hydrogen (secondary N) is 1. The van der Waals surface area contributed by atoms with Crippen LogP contribution in [0.1, 0.15) is 84.3 Å². The van der Waals surface area contributed by atoms with E-state index in [1.807, 2.05) is 80.6 Å². The van der Waals surface area contributed by atoms with Crippen LogP contribution in [0.4, 0.5) is 5.69 Å². The number of methoxy groups -OCH3 is 1. The highest BCUT2D eigenvalue weighted by atomic mass is 16.5. The van der Waals surface area contributed by atoms with Crippen LogP contribution in [0.5, 0.6) is 0 Å². The maximum atomic E-state index is 13.3. The molecule has 1 aliphatic rings. The molecule has 2 unspecified atom stereocenters. The van der Waals surface area contributed by atoms with Crippen molar-refractivity contribution in [2.45, 2.75) is 65.0 Å². The summed E-state index contributed by atoms with van der Waals surface area (Å²) in [4.78, 5) is 39.9. The van der Waals surface area contributed by atoms with Gasteiger partial charge in [-0.2, -0.15) is 0 Å². The van der Waals surface area contributed by atoms with Crippen molar-refractivity contribution >= 4 is 23.5 Å². The molecule has 0 bridgehead atoms. The second-order valence-corrected chi connectivity index (χ2v) is 9.82. The summed E-state index contributed by atoms with van der Waals surface area (Å²) in [7, 11) is 1.35. The molecule has 6 nitrogen and oxygen atoms in total. The molecule has 0 aliphatic carbocycles. The molecular weight excluding hydrogens is 476 g/mol. The zero-order chi connectivity index (χ0) is 27.2. The number of amides is 2. The first-order chi connectivity index (χ1) is 18.4. The van der Waals surface area contributed by atoms with Crippen LogP contribution < -0.4 is 5.32 Å². The van der Waals surface area contributed by atoms with Crippen LogP contribution in [0.2, 0.25) is 0 Å². The van der Waals surface area contributed by atoms with E-state index in [1.165, 1.54) is 25.5 Å². The molecule has 4 rings (SSSR count). The molecule has 3 aromatic carbocycles. The zero-order valence-electron chi connectivity index (χ0n) is 22.6.